The molecule has 0 bridgehead atoms. The molecule has 0 saturated carbocycles. The monoisotopic (exact) mass is 488 g/mol. The first-order valence-electron chi connectivity index (χ1n) is 10.8. The number of hydrogen-bond donors (Lipinski definition) is 1. The number of benzene rings is 3. The topological polar surface area (TPSA) is 102 Å². The van der Waals surface area contributed by atoms with Crippen molar-refractivity contribution in [3.05, 3.63) is 100 Å². The van der Waals surface area contributed by atoms with Crippen molar-refractivity contribution >= 4 is 35.6 Å². The second kappa shape index (κ2) is 10.2. The Balaban J connectivity index is 1.71. The second-order valence-electron chi connectivity index (χ2n) is 7.87. The molecule has 1 heterocycles. The standard InChI is InChI=1S/C27H21FN2O6/c1-35-22-11-8-18(19(14-22)12-16-4-3-5-20(28)13-16)15-23-24(31)29-27(34)30(25(23)32)21-9-6-17(7-10-21)26(33)36-2/h3-11,13-15H,12H2,1-2H3,(H,29,31,34)/b23-15+. The molecule has 1 fully saturated rings. The van der Waals surface area contributed by atoms with Crippen molar-refractivity contribution < 1.29 is 33.0 Å². The van der Waals surface area contributed by atoms with Gasteiger partial charge >= 0.3 is 12.0 Å². The molecule has 1 saturated heterocycles. The number of ether oxygens (including phenoxy) is 2. The summed E-state index contributed by atoms with van der Waals surface area (Å²) in [6.07, 6.45) is 1.69. The molecule has 0 radical (unpaired) electrons. The molecule has 3 aromatic carbocycles. The molecular weight excluding hydrogens is 467 g/mol. The molecule has 9 heteroatoms. The van der Waals surface area contributed by atoms with Crippen LogP contribution in [0.2, 0.25) is 0 Å². The van der Waals surface area contributed by atoms with E-state index < -0.39 is 23.8 Å². The zero-order valence-corrected chi connectivity index (χ0v) is 19.4. The van der Waals surface area contributed by atoms with Gasteiger partial charge in [0.2, 0.25) is 0 Å². The third-order valence-electron chi connectivity index (χ3n) is 5.58. The SMILES string of the molecule is COC(=O)c1ccc(N2C(=O)NC(=O)/C(=C\c3ccc(OC)cc3Cc3cccc(F)c3)C2=O)cc1. The molecule has 182 valence electrons. The van der Waals surface area contributed by atoms with Gasteiger partial charge in [-0.15, -0.1) is 0 Å². The van der Waals surface area contributed by atoms with Crippen molar-refractivity contribution in [3.63, 3.8) is 0 Å². The van der Waals surface area contributed by atoms with E-state index in [1.54, 1.807) is 30.3 Å². The molecule has 0 aliphatic carbocycles. The number of carbonyl (C=O) groups is 4. The van der Waals surface area contributed by atoms with E-state index in [4.69, 9.17) is 4.74 Å². The average Bonchev–Trinajstić information content (AvgIpc) is 2.87. The third kappa shape index (κ3) is 5.00. The molecule has 1 aliphatic rings. The Morgan fingerprint density at radius 2 is 1.75 bits per heavy atom. The highest BCUT2D eigenvalue weighted by Crippen LogP contribution is 2.26. The molecule has 8 nitrogen and oxygen atoms in total. The zero-order chi connectivity index (χ0) is 25.8. The predicted octanol–water partition coefficient (Wildman–Crippen LogP) is 3.88. The molecule has 1 aliphatic heterocycles. The molecule has 0 atom stereocenters. The Morgan fingerprint density at radius 3 is 2.42 bits per heavy atom. The number of esters is 1. The van der Waals surface area contributed by atoms with Gasteiger partial charge < -0.3 is 9.47 Å². The van der Waals surface area contributed by atoms with E-state index in [0.717, 1.165) is 4.90 Å². The number of barbiturate groups is 1. The Bertz CT molecular complexity index is 1400. The number of amides is 4. The minimum atomic E-state index is -0.914. The molecule has 3 aromatic rings. The van der Waals surface area contributed by atoms with E-state index in [1.807, 2.05) is 0 Å². The normalized spacial score (nSPS) is 14.6. The van der Waals surface area contributed by atoms with Crippen molar-refractivity contribution in [1.29, 1.82) is 0 Å². The predicted molar refractivity (Wildman–Crippen MR) is 129 cm³/mol. The molecule has 36 heavy (non-hydrogen) atoms. The lowest BCUT2D eigenvalue weighted by Crippen LogP contribution is -2.54. The fourth-order valence-corrected chi connectivity index (χ4v) is 3.78. The maximum Gasteiger partial charge on any atom is 0.337 e. The van der Waals surface area contributed by atoms with Gasteiger partial charge in [-0.3, -0.25) is 14.9 Å². The van der Waals surface area contributed by atoms with E-state index in [9.17, 15) is 23.6 Å². The second-order valence-corrected chi connectivity index (χ2v) is 7.87. The van der Waals surface area contributed by atoms with Gasteiger partial charge in [-0.25, -0.2) is 18.9 Å². The first kappa shape index (κ1) is 24.3. The van der Waals surface area contributed by atoms with Crippen LogP contribution < -0.4 is 15.0 Å². The van der Waals surface area contributed by atoms with Crippen molar-refractivity contribution in [1.82, 2.24) is 5.32 Å². The summed E-state index contributed by atoms with van der Waals surface area (Å²) in [5.74, 6) is -2.09. The molecule has 0 spiro atoms. The van der Waals surface area contributed by atoms with Crippen molar-refractivity contribution in [2.24, 2.45) is 0 Å². The van der Waals surface area contributed by atoms with Crippen molar-refractivity contribution in [3.8, 4) is 5.75 Å². The van der Waals surface area contributed by atoms with Gasteiger partial charge in [0.15, 0.2) is 0 Å². The Morgan fingerprint density at radius 1 is 1.00 bits per heavy atom. The summed E-state index contributed by atoms with van der Waals surface area (Å²) in [7, 11) is 2.74. The average molecular weight is 488 g/mol. The van der Waals surface area contributed by atoms with Crippen LogP contribution in [0.3, 0.4) is 0 Å². The minimum Gasteiger partial charge on any atom is -0.497 e. The molecule has 4 amide bonds. The lowest BCUT2D eigenvalue weighted by molar-refractivity contribution is -0.122. The van der Waals surface area contributed by atoms with Crippen LogP contribution in [-0.2, 0) is 20.7 Å². The summed E-state index contributed by atoms with van der Waals surface area (Å²) >= 11 is 0. The van der Waals surface area contributed by atoms with Crippen LogP contribution in [0.15, 0.2) is 72.3 Å². The summed E-state index contributed by atoms with van der Waals surface area (Å²) in [4.78, 5) is 50.9. The van der Waals surface area contributed by atoms with E-state index in [0.29, 0.717) is 28.9 Å². The van der Waals surface area contributed by atoms with E-state index >= 15 is 0 Å². The van der Waals surface area contributed by atoms with Crippen LogP contribution in [-0.4, -0.2) is 38.0 Å². The number of methoxy groups -OCH3 is 2. The molecule has 0 aromatic heterocycles. The first-order valence-corrected chi connectivity index (χ1v) is 10.8. The van der Waals surface area contributed by atoms with E-state index in [2.05, 4.69) is 10.1 Å². The summed E-state index contributed by atoms with van der Waals surface area (Å²) in [5, 5.41) is 2.17. The number of rotatable bonds is 6. The lowest BCUT2D eigenvalue weighted by atomic mass is 9.97. The minimum absolute atomic E-state index is 0.165. The molecular formula is C27H21FN2O6. The number of hydrogen-bond acceptors (Lipinski definition) is 6. The van der Waals surface area contributed by atoms with Gasteiger partial charge in [-0.05, 0) is 77.7 Å². The van der Waals surface area contributed by atoms with Crippen LogP contribution in [0.4, 0.5) is 14.9 Å². The summed E-state index contributed by atoms with van der Waals surface area (Å²) in [6.45, 7) is 0. The quantitative estimate of drug-likeness (QED) is 0.321. The summed E-state index contributed by atoms with van der Waals surface area (Å²) in [6, 6.07) is 15.9. The van der Waals surface area contributed by atoms with Crippen LogP contribution >= 0.6 is 0 Å². The zero-order valence-electron chi connectivity index (χ0n) is 19.4. The number of carbonyl (C=O) groups excluding carboxylic acids is 4. The fraction of sp³-hybridized carbons (Fsp3) is 0.111. The molecule has 1 N–H and O–H groups in total. The number of imide groups is 2. The largest absolute Gasteiger partial charge is 0.497 e. The van der Waals surface area contributed by atoms with Crippen LogP contribution in [0.1, 0.15) is 27.0 Å². The Hall–Kier alpha value is -4.79. The van der Waals surface area contributed by atoms with E-state index in [-0.39, 0.29) is 22.6 Å². The lowest BCUT2D eigenvalue weighted by Gasteiger charge is -2.26. The highest BCUT2D eigenvalue weighted by atomic mass is 19.1. The number of halogens is 1. The van der Waals surface area contributed by atoms with Gasteiger partial charge in [-0.1, -0.05) is 18.2 Å². The van der Waals surface area contributed by atoms with Gasteiger partial charge in [-0.2, -0.15) is 0 Å². The van der Waals surface area contributed by atoms with Crippen LogP contribution in [0, 0.1) is 5.82 Å². The van der Waals surface area contributed by atoms with Crippen molar-refractivity contribution in [2.75, 3.05) is 19.1 Å². The third-order valence-corrected chi connectivity index (χ3v) is 5.58. The van der Waals surface area contributed by atoms with Gasteiger partial charge in [0.1, 0.15) is 17.1 Å². The number of nitrogens with zero attached hydrogens (tertiary/aromatic N) is 1. The summed E-state index contributed by atoms with van der Waals surface area (Å²) < 4.78 is 23.7. The maximum atomic E-state index is 13.7. The van der Waals surface area contributed by atoms with E-state index in [1.165, 1.54) is 56.7 Å². The number of anilines is 1. The van der Waals surface area contributed by atoms with Gasteiger partial charge in [0.25, 0.3) is 11.8 Å². The van der Waals surface area contributed by atoms with Gasteiger partial charge in [0.05, 0.1) is 25.5 Å². The fourth-order valence-electron chi connectivity index (χ4n) is 3.78. The first-order chi connectivity index (χ1) is 17.3. The Kier molecular flexibility index (Phi) is 6.91. The summed E-state index contributed by atoms with van der Waals surface area (Å²) in [5.41, 5.74) is 2.02. The highest BCUT2D eigenvalue weighted by Gasteiger charge is 2.37. The van der Waals surface area contributed by atoms with Crippen LogP contribution in [0.25, 0.3) is 6.08 Å². The number of urea groups is 1. The maximum absolute atomic E-state index is 13.7. The molecule has 4 rings (SSSR count). The smallest absolute Gasteiger partial charge is 0.337 e. The number of nitrogens with one attached hydrogen (secondary N) is 1. The molecule has 0 unspecified atom stereocenters. The van der Waals surface area contributed by atoms with Crippen LogP contribution in [0.5, 0.6) is 5.75 Å². The van der Waals surface area contributed by atoms with Gasteiger partial charge in [0, 0.05) is 0 Å². The van der Waals surface area contributed by atoms with Crippen molar-refractivity contribution in [2.45, 2.75) is 6.42 Å². The highest BCUT2D eigenvalue weighted by molar-refractivity contribution is 6.39. The Labute approximate surface area is 205 Å².